The number of morpholine rings is 1. The maximum absolute atomic E-state index is 13.3. The van der Waals surface area contributed by atoms with E-state index in [1.165, 1.54) is 0 Å². The number of fused-ring (bicyclic) bond motifs is 2. The average Bonchev–Trinajstić information content (AvgIpc) is 3.21. The largest absolute Gasteiger partial charge is 0.476 e. The van der Waals surface area contributed by atoms with Gasteiger partial charge in [-0.2, -0.15) is 0 Å². The SMILES string of the molecule is CS(=O)(=O)N1CC(C(=O)Nc2c(C(=O)N3CCOCC3)oc3ccccc23)Oc2ccccc21. The lowest BCUT2D eigenvalue weighted by Gasteiger charge is -2.33. The van der Waals surface area contributed by atoms with Crippen molar-refractivity contribution in [1.82, 2.24) is 4.90 Å². The predicted octanol–water partition coefficient (Wildman–Crippen LogP) is 2.07. The molecule has 11 heteroatoms. The van der Waals surface area contributed by atoms with Crippen molar-refractivity contribution in [3.63, 3.8) is 0 Å². The smallest absolute Gasteiger partial charge is 0.291 e. The number of rotatable bonds is 4. The molecular formula is C23H23N3O7S. The summed E-state index contributed by atoms with van der Waals surface area (Å²) < 4.78 is 42.9. The molecule has 0 bridgehead atoms. The molecular weight excluding hydrogens is 462 g/mol. The van der Waals surface area contributed by atoms with Gasteiger partial charge in [-0.25, -0.2) is 8.42 Å². The number of carbonyl (C=O) groups is 2. The molecule has 3 heterocycles. The summed E-state index contributed by atoms with van der Waals surface area (Å²) in [4.78, 5) is 28.1. The van der Waals surface area contributed by atoms with Gasteiger partial charge in [0.15, 0.2) is 6.10 Å². The number of sulfonamides is 1. The van der Waals surface area contributed by atoms with Crippen molar-refractivity contribution in [2.75, 3.05) is 48.7 Å². The lowest BCUT2D eigenvalue weighted by molar-refractivity contribution is -0.122. The van der Waals surface area contributed by atoms with Crippen molar-refractivity contribution < 1.29 is 31.9 Å². The molecule has 2 amide bonds. The zero-order valence-corrected chi connectivity index (χ0v) is 19.2. The maximum atomic E-state index is 13.3. The Bertz CT molecular complexity index is 1360. The standard InChI is InChI=1S/C23H23N3O7S/c1-34(29,30)26-14-19(32-18-9-5-3-7-16(18)26)22(27)24-20-15-6-2-4-8-17(15)33-21(20)23(28)25-10-12-31-13-11-25/h2-9,19H,10-14H2,1H3,(H,24,27). The van der Waals surface area contributed by atoms with Crippen LogP contribution in [0.25, 0.3) is 11.0 Å². The number of nitrogens with zero attached hydrogens (tertiary/aromatic N) is 2. The van der Waals surface area contributed by atoms with E-state index in [-0.39, 0.29) is 29.6 Å². The molecule has 5 rings (SSSR count). The van der Waals surface area contributed by atoms with Crippen LogP contribution in [-0.2, 0) is 19.6 Å². The van der Waals surface area contributed by atoms with E-state index in [0.29, 0.717) is 43.0 Å². The molecule has 1 N–H and O–H groups in total. The second kappa shape index (κ2) is 8.65. The lowest BCUT2D eigenvalue weighted by atomic mass is 10.1. The molecule has 1 atom stereocenters. The third kappa shape index (κ3) is 4.08. The second-order valence-electron chi connectivity index (χ2n) is 8.06. The van der Waals surface area contributed by atoms with Crippen molar-refractivity contribution in [3.8, 4) is 5.75 Å². The van der Waals surface area contributed by atoms with Crippen LogP contribution in [0.1, 0.15) is 10.6 Å². The normalized spacial score (nSPS) is 18.3. The number of para-hydroxylation sites is 3. The van der Waals surface area contributed by atoms with Gasteiger partial charge in [0.05, 0.1) is 31.7 Å². The van der Waals surface area contributed by atoms with Crippen LogP contribution < -0.4 is 14.4 Å². The minimum Gasteiger partial charge on any atom is -0.476 e. The first kappa shape index (κ1) is 22.2. The van der Waals surface area contributed by atoms with E-state index in [2.05, 4.69) is 5.32 Å². The van der Waals surface area contributed by atoms with Crippen LogP contribution in [0.3, 0.4) is 0 Å². The van der Waals surface area contributed by atoms with E-state index in [1.54, 1.807) is 53.4 Å². The van der Waals surface area contributed by atoms with Gasteiger partial charge in [0, 0.05) is 18.5 Å². The van der Waals surface area contributed by atoms with Crippen molar-refractivity contribution in [2.45, 2.75) is 6.10 Å². The molecule has 0 aliphatic carbocycles. The molecule has 0 spiro atoms. The number of anilines is 2. The number of hydrogen-bond donors (Lipinski definition) is 1. The van der Waals surface area contributed by atoms with Gasteiger partial charge in [-0.05, 0) is 24.3 Å². The Balaban J connectivity index is 1.47. The molecule has 2 aromatic carbocycles. The Kier molecular flexibility index (Phi) is 5.66. The summed E-state index contributed by atoms with van der Waals surface area (Å²) in [6.07, 6.45) is -0.0585. The van der Waals surface area contributed by atoms with Gasteiger partial charge in [0.25, 0.3) is 11.8 Å². The van der Waals surface area contributed by atoms with E-state index >= 15 is 0 Å². The topological polar surface area (TPSA) is 118 Å². The Hall–Kier alpha value is -3.57. The molecule has 10 nitrogen and oxygen atoms in total. The van der Waals surface area contributed by atoms with Gasteiger partial charge >= 0.3 is 0 Å². The fourth-order valence-corrected chi connectivity index (χ4v) is 5.00. The second-order valence-corrected chi connectivity index (χ2v) is 9.97. The Morgan fingerprint density at radius 3 is 2.50 bits per heavy atom. The Morgan fingerprint density at radius 1 is 1.03 bits per heavy atom. The number of furan rings is 1. The highest BCUT2D eigenvalue weighted by Crippen LogP contribution is 2.36. The van der Waals surface area contributed by atoms with E-state index in [4.69, 9.17) is 13.9 Å². The van der Waals surface area contributed by atoms with Gasteiger partial charge in [-0.15, -0.1) is 0 Å². The van der Waals surface area contributed by atoms with Gasteiger partial charge in [-0.3, -0.25) is 13.9 Å². The van der Waals surface area contributed by atoms with Gasteiger partial charge in [0.1, 0.15) is 17.0 Å². The quantitative estimate of drug-likeness (QED) is 0.601. The predicted molar refractivity (Wildman–Crippen MR) is 125 cm³/mol. The fraction of sp³-hybridized carbons (Fsp3) is 0.304. The number of hydrogen-bond acceptors (Lipinski definition) is 7. The summed E-state index contributed by atoms with van der Waals surface area (Å²) in [5.41, 5.74) is 1.04. The first-order valence-corrected chi connectivity index (χ1v) is 12.6. The molecule has 1 unspecified atom stereocenters. The fourth-order valence-electron chi connectivity index (χ4n) is 4.09. The van der Waals surface area contributed by atoms with Crippen LogP contribution in [0.2, 0.25) is 0 Å². The lowest BCUT2D eigenvalue weighted by Crippen LogP contribution is -2.48. The maximum Gasteiger partial charge on any atom is 0.291 e. The van der Waals surface area contributed by atoms with Crippen molar-refractivity contribution in [1.29, 1.82) is 0 Å². The molecule has 1 fully saturated rings. The highest BCUT2D eigenvalue weighted by molar-refractivity contribution is 7.92. The molecule has 2 aliphatic heterocycles. The summed E-state index contributed by atoms with van der Waals surface area (Å²) in [6.45, 7) is 1.46. The van der Waals surface area contributed by atoms with Crippen LogP contribution in [0.4, 0.5) is 11.4 Å². The minimum absolute atomic E-state index is 0.00706. The van der Waals surface area contributed by atoms with Crippen molar-refractivity contribution in [2.24, 2.45) is 0 Å². The average molecular weight is 486 g/mol. The number of ether oxygens (including phenoxy) is 2. The van der Waals surface area contributed by atoms with E-state index in [0.717, 1.165) is 10.6 Å². The highest BCUT2D eigenvalue weighted by atomic mass is 32.2. The van der Waals surface area contributed by atoms with Crippen LogP contribution in [0.15, 0.2) is 52.9 Å². The highest BCUT2D eigenvalue weighted by Gasteiger charge is 2.36. The Labute approximate surface area is 196 Å². The van der Waals surface area contributed by atoms with E-state index < -0.39 is 22.0 Å². The molecule has 178 valence electrons. The van der Waals surface area contributed by atoms with Crippen LogP contribution in [-0.4, -0.2) is 70.3 Å². The monoisotopic (exact) mass is 485 g/mol. The summed E-state index contributed by atoms with van der Waals surface area (Å²) in [6, 6.07) is 13.6. The number of carbonyl (C=O) groups excluding carboxylic acids is 2. The number of nitrogens with one attached hydrogen (secondary N) is 1. The zero-order chi connectivity index (χ0) is 23.9. The summed E-state index contributed by atoms with van der Waals surface area (Å²) >= 11 is 0. The molecule has 0 radical (unpaired) electrons. The molecule has 1 saturated heterocycles. The summed E-state index contributed by atoms with van der Waals surface area (Å²) in [7, 11) is -3.66. The number of benzene rings is 2. The van der Waals surface area contributed by atoms with Gasteiger partial charge in [-0.1, -0.05) is 24.3 Å². The molecule has 1 aromatic heterocycles. The summed E-state index contributed by atoms with van der Waals surface area (Å²) in [5.74, 6) is -0.665. The van der Waals surface area contributed by atoms with Crippen LogP contribution >= 0.6 is 0 Å². The van der Waals surface area contributed by atoms with Crippen molar-refractivity contribution in [3.05, 3.63) is 54.3 Å². The molecule has 34 heavy (non-hydrogen) atoms. The van der Waals surface area contributed by atoms with Gasteiger partial charge < -0.3 is 24.1 Å². The zero-order valence-electron chi connectivity index (χ0n) is 18.4. The molecule has 0 saturated carbocycles. The van der Waals surface area contributed by atoms with Crippen LogP contribution in [0, 0.1) is 0 Å². The third-order valence-corrected chi connectivity index (χ3v) is 6.91. The molecule has 3 aromatic rings. The van der Waals surface area contributed by atoms with E-state index in [1.807, 2.05) is 0 Å². The first-order chi connectivity index (χ1) is 16.3. The van der Waals surface area contributed by atoms with E-state index in [9.17, 15) is 18.0 Å². The third-order valence-electron chi connectivity index (χ3n) is 5.76. The van der Waals surface area contributed by atoms with Crippen LogP contribution in [0.5, 0.6) is 5.75 Å². The molecule has 2 aliphatic rings. The summed E-state index contributed by atoms with van der Waals surface area (Å²) in [5, 5.41) is 3.33. The van der Waals surface area contributed by atoms with Gasteiger partial charge in [0.2, 0.25) is 15.8 Å². The number of amides is 2. The van der Waals surface area contributed by atoms with Crippen molar-refractivity contribution >= 4 is 44.2 Å². The minimum atomic E-state index is -3.66. The first-order valence-electron chi connectivity index (χ1n) is 10.8. The Morgan fingerprint density at radius 2 is 1.74 bits per heavy atom.